The van der Waals surface area contributed by atoms with Crippen LogP contribution in [0.5, 0.6) is 0 Å². The predicted molar refractivity (Wildman–Crippen MR) is 77.9 cm³/mol. The number of nitrogens with zero attached hydrogens (tertiary/aromatic N) is 1. The lowest BCUT2D eigenvalue weighted by atomic mass is 9.91. The van der Waals surface area contributed by atoms with E-state index in [0.717, 1.165) is 38.4 Å². The molecule has 0 radical (unpaired) electrons. The van der Waals surface area contributed by atoms with E-state index in [4.69, 9.17) is 0 Å². The lowest BCUT2D eigenvalue weighted by molar-refractivity contribution is -0.132. The molecule has 0 bridgehead atoms. The second kappa shape index (κ2) is 7.50. The molecule has 1 fully saturated rings. The van der Waals surface area contributed by atoms with Crippen LogP contribution in [0.4, 0.5) is 8.78 Å². The number of likely N-dealkylation sites (N-methyl/N-ethyl adjacent to an activating group) is 1. The number of nitrogens with one attached hydrogen (secondary N) is 1. The third kappa shape index (κ3) is 4.49. The monoisotopic (exact) mass is 296 g/mol. The summed E-state index contributed by atoms with van der Waals surface area (Å²) < 4.78 is 26.5. The third-order valence-corrected chi connectivity index (χ3v) is 4.04. The summed E-state index contributed by atoms with van der Waals surface area (Å²) in [6.07, 6.45) is 3.47. The predicted octanol–water partition coefficient (Wildman–Crippen LogP) is 2.36. The zero-order chi connectivity index (χ0) is 15.2. The lowest BCUT2D eigenvalue weighted by Crippen LogP contribution is -2.43. The number of aryl methyl sites for hydroxylation is 1. The van der Waals surface area contributed by atoms with Crippen LogP contribution in [0.25, 0.3) is 0 Å². The molecule has 1 N–H and O–H groups in total. The van der Waals surface area contributed by atoms with E-state index in [1.54, 1.807) is 7.05 Å². The topological polar surface area (TPSA) is 32.3 Å². The van der Waals surface area contributed by atoms with Gasteiger partial charge in [0.25, 0.3) is 0 Å². The molecule has 0 saturated carbocycles. The van der Waals surface area contributed by atoms with Crippen molar-refractivity contribution in [2.24, 2.45) is 5.92 Å². The molecule has 1 unspecified atom stereocenters. The second-order valence-corrected chi connectivity index (χ2v) is 5.65. The van der Waals surface area contributed by atoms with Gasteiger partial charge >= 0.3 is 0 Å². The van der Waals surface area contributed by atoms with E-state index in [1.165, 1.54) is 12.1 Å². The van der Waals surface area contributed by atoms with E-state index in [9.17, 15) is 13.6 Å². The van der Waals surface area contributed by atoms with Crippen LogP contribution in [0.15, 0.2) is 18.2 Å². The lowest BCUT2D eigenvalue weighted by Gasteiger charge is -2.33. The van der Waals surface area contributed by atoms with Gasteiger partial charge < -0.3 is 10.2 Å². The smallest absolute Gasteiger partial charge is 0.236 e. The van der Waals surface area contributed by atoms with E-state index in [2.05, 4.69) is 5.32 Å². The molecule has 1 atom stereocenters. The number of carbonyl (C=O) groups excluding carboxylic acids is 1. The van der Waals surface area contributed by atoms with Gasteiger partial charge in [0.1, 0.15) is 11.6 Å². The van der Waals surface area contributed by atoms with Crippen molar-refractivity contribution < 1.29 is 13.6 Å². The number of amides is 1. The summed E-state index contributed by atoms with van der Waals surface area (Å²) >= 11 is 0. The molecule has 1 amide bonds. The molecule has 1 aliphatic rings. The minimum atomic E-state index is -0.544. The number of piperidine rings is 1. The fourth-order valence-corrected chi connectivity index (χ4v) is 2.87. The molecule has 116 valence electrons. The number of halogens is 2. The third-order valence-electron chi connectivity index (χ3n) is 4.04. The highest BCUT2D eigenvalue weighted by molar-refractivity contribution is 5.78. The van der Waals surface area contributed by atoms with E-state index >= 15 is 0 Å². The molecule has 0 aliphatic carbocycles. The Morgan fingerprint density at radius 1 is 1.43 bits per heavy atom. The molecule has 1 aliphatic heterocycles. The summed E-state index contributed by atoms with van der Waals surface area (Å²) in [5.41, 5.74) is 0.551. The van der Waals surface area contributed by atoms with Crippen LogP contribution < -0.4 is 5.32 Å². The summed E-state index contributed by atoms with van der Waals surface area (Å²) in [6, 6.07) is 3.73. The largest absolute Gasteiger partial charge is 0.341 e. The first-order valence-corrected chi connectivity index (χ1v) is 7.46. The fraction of sp³-hybridized carbons (Fsp3) is 0.562. The van der Waals surface area contributed by atoms with Gasteiger partial charge in [-0.25, -0.2) is 8.78 Å². The van der Waals surface area contributed by atoms with Gasteiger partial charge in [0.2, 0.25) is 5.91 Å². The number of rotatable bonds is 5. The molecular formula is C16H22F2N2O. The standard InChI is InChI=1S/C16H22F2N2O/c1-19-10-16(21)20-8-2-3-12(11-20)4-5-13-6-7-14(17)9-15(13)18/h6-7,9,12,19H,2-5,8,10-11H2,1H3. The van der Waals surface area contributed by atoms with Crippen molar-refractivity contribution in [2.75, 3.05) is 26.7 Å². The summed E-state index contributed by atoms with van der Waals surface area (Å²) in [7, 11) is 1.76. The molecule has 5 heteroatoms. The van der Waals surface area contributed by atoms with Gasteiger partial charge in [0.15, 0.2) is 0 Å². The first-order chi connectivity index (χ1) is 10.1. The number of hydrogen-bond acceptors (Lipinski definition) is 2. The van der Waals surface area contributed by atoms with E-state index < -0.39 is 11.6 Å². The number of benzene rings is 1. The Bertz CT molecular complexity index is 493. The SMILES string of the molecule is CNCC(=O)N1CCCC(CCc2ccc(F)cc2F)C1. The van der Waals surface area contributed by atoms with E-state index in [-0.39, 0.29) is 5.91 Å². The normalized spacial score (nSPS) is 18.8. The maximum atomic E-state index is 13.6. The molecule has 0 aromatic heterocycles. The highest BCUT2D eigenvalue weighted by Gasteiger charge is 2.23. The first-order valence-electron chi connectivity index (χ1n) is 7.46. The Kier molecular flexibility index (Phi) is 5.67. The van der Waals surface area contributed by atoms with E-state index in [0.29, 0.717) is 24.4 Å². The van der Waals surface area contributed by atoms with Crippen molar-refractivity contribution in [3.05, 3.63) is 35.4 Å². The minimum absolute atomic E-state index is 0.121. The summed E-state index contributed by atoms with van der Waals surface area (Å²) in [6.45, 7) is 1.91. The van der Waals surface area contributed by atoms with Gasteiger partial charge in [-0.2, -0.15) is 0 Å². The second-order valence-electron chi connectivity index (χ2n) is 5.65. The van der Waals surface area contributed by atoms with Gasteiger partial charge in [-0.15, -0.1) is 0 Å². The molecule has 1 aromatic rings. The number of hydrogen-bond donors (Lipinski definition) is 1. The maximum absolute atomic E-state index is 13.6. The van der Waals surface area contributed by atoms with Gasteiger partial charge in [0.05, 0.1) is 6.54 Å². The van der Waals surface area contributed by atoms with E-state index in [1.807, 2.05) is 4.90 Å². The maximum Gasteiger partial charge on any atom is 0.236 e. The zero-order valence-electron chi connectivity index (χ0n) is 12.4. The average molecular weight is 296 g/mol. The Morgan fingerprint density at radius 2 is 2.24 bits per heavy atom. The Morgan fingerprint density at radius 3 is 2.95 bits per heavy atom. The van der Waals surface area contributed by atoms with Crippen LogP contribution in [0, 0.1) is 17.6 Å². The molecule has 3 nitrogen and oxygen atoms in total. The van der Waals surface area contributed by atoms with Gasteiger partial charge in [-0.05, 0) is 50.3 Å². The highest BCUT2D eigenvalue weighted by atomic mass is 19.1. The number of likely N-dealkylation sites (tertiary alicyclic amines) is 1. The van der Waals surface area contributed by atoms with Crippen LogP contribution in [0.1, 0.15) is 24.8 Å². The molecule has 1 heterocycles. The Labute approximate surface area is 124 Å². The van der Waals surface area contributed by atoms with Gasteiger partial charge in [0, 0.05) is 19.2 Å². The summed E-state index contributed by atoms with van der Waals surface area (Å²) in [4.78, 5) is 13.8. The van der Waals surface area contributed by atoms with Crippen molar-refractivity contribution in [3.63, 3.8) is 0 Å². The summed E-state index contributed by atoms with van der Waals surface area (Å²) in [5, 5.41) is 2.87. The Hall–Kier alpha value is -1.49. The van der Waals surface area contributed by atoms with Gasteiger partial charge in [-0.3, -0.25) is 4.79 Å². The van der Waals surface area contributed by atoms with Gasteiger partial charge in [-0.1, -0.05) is 6.07 Å². The van der Waals surface area contributed by atoms with Crippen molar-refractivity contribution in [2.45, 2.75) is 25.7 Å². The van der Waals surface area contributed by atoms with Crippen molar-refractivity contribution in [3.8, 4) is 0 Å². The first kappa shape index (κ1) is 15.9. The Balaban J connectivity index is 1.86. The van der Waals surface area contributed by atoms with Crippen molar-refractivity contribution >= 4 is 5.91 Å². The molecule has 2 rings (SSSR count). The van der Waals surface area contributed by atoms with Crippen LogP contribution >= 0.6 is 0 Å². The van der Waals surface area contributed by atoms with Crippen LogP contribution in [-0.2, 0) is 11.2 Å². The van der Waals surface area contributed by atoms with Crippen LogP contribution in [-0.4, -0.2) is 37.5 Å². The number of carbonyl (C=O) groups is 1. The molecule has 0 spiro atoms. The average Bonchev–Trinajstić information content (AvgIpc) is 2.47. The van der Waals surface area contributed by atoms with Crippen molar-refractivity contribution in [1.82, 2.24) is 10.2 Å². The summed E-state index contributed by atoms with van der Waals surface area (Å²) in [5.74, 6) is -0.508. The zero-order valence-corrected chi connectivity index (χ0v) is 12.4. The molecule has 1 aromatic carbocycles. The highest BCUT2D eigenvalue weighted by Crippen LogP contribution is 2.22. The fourth-order valence-electron chi connectivity index (χ4n) is 2.87. The van der Waals surface area contributed by atoms with Crippen LogP contribution in [0.3, 0.4) is 0 Å². The minimum Gasteiger partial charge on any atom is -0.341 e. The quantitative estimate of drug-likeness (QED) is 0.904. The van der Waals surface area contributed by atoms with Crippen molar-refractivity contribution in [1.29, 1.82) is 0 Å². The molecule has 1 saturated heterocycles. The van der Waals surface area contributed by atoms with Crippen LogP contribution in [0.2, 0.25) is 0 Å². The molecular weight excluding hydrogens is 274 g/mol. The molecule has 21 heavy (non-hydrogen) atoms.